The molecular weight excluding hydrogens is 364 g/mol. The third-order valence-corrected chi connectivity index (χ3v) is 4.18. The highest BCUT2D eigenvalue weighted by atomic mass is 19.1. The fourth-order valence-electron chi connectivity index (χ4n) is 2.82. The number of amides is 1. The van der Waals surface area contributed by atoms with E-state index in [1.807, 2.05) is 42.5 Å². The summed E-state index contributed by atoms with van der Waals surface area (Å²) in [6.45, 7) is 0.131. The molecule has 0 aliphatic carbocycles. The van der Waals surface area contributed by atoms with Crippen molar-refractivity contribution in [3.8, 4) is 5.75 Å². The fourth-order valence-corrected chi connectivity index (χ4v) is 2.82. The van der Waals surface area contributed by atoms with Gasteiger partial charge in [-0.05, 0) is 35.7 Å². The molecule has 0 spiro atoms. The van der Waals surface area contributed by atoms with Crippen molar-refractivity contribution < 1.29 is 22.7 Å². The maximum Gasteiger partial charge on any atom is 0.291 e. The van der Waals surface area contributed by atoms with Crippen LogP contribution in [0.15, 0.2) is 77.2 Å². The first kappa shape index (κ1) is 17.7. The second kappa shape index (κ2) is 7.52. The third kappa shape index (κ3) is 3.71. The van der Waals surface area contributed by atoms with Gasteiger partial charge in [0.05, 0.1) is 5.69 Å². The number of furan rings is 1. The van der Waals surface area contributed by atoms with Crippen molar-refractivity contribution in [3.05, 3.63) is 96.0 Å². The van der Waals surface area contributed by atoms with E-state index in [9.17, 15) is 13.6 Å². The molecule has 1 aromatic heterocycles. The molecule has 6 heteroatoms. The highest BCUT2D eigenvalue weighted by Gasteiger charge is 2.14. The average molecular weight is 379 g/mol. The van der Waals surface area contributed by atoms with Gasteiger partial charge in [-0.25, -0.2) is 8.78 Å². The van der Waals surface area contributed by atoms with E-state index in [0.717, 1.165) is 22.9 Å². The van der Waals surface area contributed by atoms with Gasteiger partial charge in [-0.1, -0.05) is 36.4 Å². The van der Waals surface area contributed by atoms with Crippen molar-refractivity contribution in [2.45, 2.75) is 6.61 Å². The van der Waals surface area contributed by atoms with Crippen LogP contribution in [-0.2, 0) is 6.61 Å². The maximum absolute atomic E-state index is 13.7. The summed E-state index contributed by atoms with van der Waals surface area (Å²) in [6, 6.07) is 19.6. The number of hydrogen-bond acceptors (Lipinski definition) is 3. The van der Waals surface area contributed by atoms with Crippen molar-refractivity contribution in [2.75, 3.05) is 5.32 Å². The van der Waals surface area contributed by atoms with Crippen molar-refractivity contribution >= 4 is 22.4 Å². The summed E-state index contributed by atoms with van der Waals surface area (Å²) >= 11 is 0. The molecule has 0 fully saturated rings. The van der Waals surface area contributed by atoms with Crippen LogP contribution in [-0.4, -0.2) is 5.91 Å². The van der Waals surface area contributed by atoms with Crippen LogP contribution in [0.4, 0.5) is 14.5 Å². The van der Waals surface area contributed by atoms with Gasteiger partial charge in [0, 0.05) is 11.5 Å². The summed E-state index contributed by atoms with van der Waals surface area (Å²) < 4.78 is 37.9. The van der Waals surface area contributed by atoms with E-state index in [1.54, 1.807) is 6.07 Å². The molecule has 0 unspecified atom stereocenters. The number of nitrogens with one attached hydrogen (secondary N) is 1. The van der Waals surface area contributed by atoms with Gasteiger partial charge in [0.1, 0.15) is 29.8 Å². The molecule has 4 nitrogen and oxygen atoms in total. The summed E-state index contributed by atoms with van der Waals surface area (Å²) in [7, 11) is 0. The molecule has 0 bridgehead atoms. The lowest BCUT2D eigenvalue weighted by molar-refractivity contribution is 0.0992. The lowest BCUT2D eigenvalue weighted by atomic mass is 10.1. The predicted molar refractivity (Wildman–Crippen MR) is 101 cm³/mol. The van der Waals surface area contributed by atoms with Crippen LogP contribution in [0.2, 0.25) is 0 Å². The Morgan fingerprint density at radius 3 is 2.64 bits per heavy atom. The Morgan fingerprint density at radius 1 is 0.964 bits per heavy atom. The monoisotopic (exact) mass is 379 g/mol. The van der Waals surface area contributed by atoms with Crippen LogP contribution in [0.25, 0.3) is 10.8 Å². The van der Waals surface area contributed by atoms with E-state index in [2.05, 4.69) is 5.32 Å². The molecule has 140 valence electrons. The smallest absolute Gasteiger partial charge is 0.291 e. The normalized spacial score (nSPS) is 10.8. The van der Waals surface area contributed by atoms with E-state index in [0.29, 0.717) is 17.6 Å². The topological polar surface area (TPSA) is 51.5 Å². The van der Waals surface area contributed by atoms with Crippen LogP contribution >= 0.6 is 0 Å². The standard InChI is InChI=1S/C22H15F2NO3/c23-15-8-10-19(18(24)12-15)25-22(26)21-11-9-16(28-21)13-27-20-7-3-5-14-4-1-2-6-17(14)20/h1-12H,13H2,(H,25,26). The minimum atomic E-state index is -0.862. The Balaban J connectivity index is 1.44. The molecule has 0 atom stereocenters. The Morgan fingerprint density at radius 2 is 1.79 bits per heavy atom. The SMILES string of the molecule is O=C(Nc1ccc(F)cc1F)c1ccc(COc2cccc3ccccc23)o1. The zero-order valence-corrected chi connectivity index (χ0v) is 14.6. The summed E-state index contributed by atoms with van der Waals surface area (Å²) in [6.07, 6.45) is 0. The van der Waals surface area contributed by atoms with Gasteiger partial charge in [-0.15, -0.1) is 0 Å². The van der Waals surface area contributed by atoms with E-state index in [4.69, 9.17) is 9.15 Å². The molecule has 1 N–H and O–H groups in total. The molecule has 4 aromatic rings. The van der Waals surface area contributed by atoms with Gasteiger partial charge in [0.2, 0.25) is 0 Å². The van der Waals surface area contributed by atoms with Gasteiger partial charge in [0.25, 0.3) is 5.91 Å². The number of halogens is 2. The molecular formula is C22H15F2NO3. The molecule has 0 saturated carbocycles. The number of carbonyl (C=O) groups excluding carboxylic acids is 1. The number of hydrogen-bond donors (Lipinski definition) is 1. The van der Waals surface area contributed by atoms with Crippen molar-refractivity contribution in [1.29, 1.82) is 0 Å². The number of fused-ring (bicyclic) bond motifs is 1. The zero-order chi connectivity index (χ0) is 19.5. The first-order valence-electron chi connectivity index (χ1n) is 8.56. The Kier molecular flexibility index (Phi) is 4.76. The minimum absolute atomic E-state index is 0.000227. The zero-order valence-electron chi connectivity index (χ0n) is 14.6. The predicted octanol–water partition coefficient (Wildman–Crippen LogP) is 5.54. The van der Waals surface area contributed by atoms with E-state index >= 15 is 0 Å². The Bertz CT molecular complexity index is 1150. The molecule has 0 saturated heterocycles. The molecule has 0 radical (unpaired) electrons. The Labute approximate surface area is 159 Å². The highest BCUT2D eigenvalue weighted by Crippen LogP contribution is 2.26. The first-order valence-corrected chi connectivity index (χ1v) is 8.56. The van der Waals surface area contributed by atoms with Crippen LogP contribution in [0.1, 0.15) is 16.3 Å². The quantitative estimate of drug-likeness (QED) is 0.495. The second-order valence-electron chi connectivity index (χ2n) is 6.11. The first-order chi connectivity index (χ1) is 13.6. The molecule has 1 amide bonds. The number of benzene rings is 3. The average Bonchev–Trinajstić information content (AvgIpc) is 3.17. The number of anilines is 1. The molecule has 28 heavy (non-hydrogen) atoms. The minimum Gasteiger partial charge on any atom is -0.485 e. The van der Waals surface area contributed by atoms with Gasteiger partial charge in [-0.2, -0.15) is 0 Å². The van der Waals surface area contributed by atoms with Gasteiger partial charge in [-0.3, -0.25) is 4.79 Å². The molecule has 0 aliphatic heterocycles. The lowest BCUT2D eigenvalue weighted by Crippen LogP contribution is -2.12. The lowest BCUT2D eigenvalue weighted by Gasteiger charge is -2.08. The summed E-state index contributed by atoms with van der Waals surface area (Å²) in [4.78, 5) is 12.2. The van der Waals surface area contributed by atoms with Gasteiger partial charge < -0.3 is 14.5 Å². The van der Waals surface area contributed by atoms with Crippen molar-refractivity contribution in [2.24, 2.45) is 0 Å². The molecule has 4 rings (SSSR count). The van der Waals surface area contributed by atoms with Gasteiger partial charge in [0.15, 0.2) is 5.76 Å². The molecule has 0 aliphatic rings. The summed E-state index contributed by atoms with van der Waals surface area (Å²) in [5.74, 6) is -1.07. The van der Waals surface area contributed by atoms with E-state index in [1.165, 1.54) is 6.07 Å². The number of carbonyl (C=O) groups is 1. The van der Waals surface area contributed by atoms with Gasteiger partial charge >= 0.3 is 0 Å². The van der Waals surface area contributed by atoms with Crippen LogP contribution in [0, 0.1) is 11.6 Å². The van der Waals surface area contributed by atoms with E-state index in [-0.39, 0.29) is 18.1 Å². The fraction of sp³-hybridized carbons (Fsp3) is 0.0455. The maximum atomic E-state index is 13.7. The summed E-state index contributed by atoms with van der Waals surface area (Å²) in [5, 5.41) is 4.38. The second-order valence-corrected chi connectivity index (χ2v) is 6.11. The van der Waals surface area contributed by atoms with Crippen LogP contribution < -0.4 is 10.1 Å². The van der Waals surface area contributed by atoms with Crippen molar-refractivity contribution in [3.63, 3.8) is 0 Å². The summed E-state index contributed by atoms with van der Waals surface area (Å²) in [5.41, 5.74) is -0.128. The Hall–Kier alpha value is -3.67. The molecule has 3 aromatic carbocycles. The molecule has 1 heterocycles. The highest BCUT2D eigenvalue weighted by molar-refractivity contribution is 6.02. The van der Waals surface area contributed by atoms with E-state index < -0.39 is 17.5 Å². The van der Waals surface area contributed by atoms with Crippen molar-refractivity contribution in [1.82, 2.24) is 0 Å². The number of rotatable bonds is 5. The largest absolute Gasteiger partial charge is 0.485 e. The van der Waals surface area contributed by atoms with Crippen LogP contribution in [0.5, 0.6) is 5.75 Å². The van der Waals surface area contributed by atoms with Crippen LogP contribution in [0.3, 0.4) is 0 Å². The number of ether oxygens (including phenoxy) is 1. The third-order valence-electron chi connectivity index (χ3n) is 4.18.